The van der Waals surface area contributed by atoms with Crippen LogP contribution in [0.2, 0.25) is 0 Å². The fourth-order valence-electron chi connectivity index (χ4n) is 3.64. The predicted molar refractivity (Wildman–Crippen MR) is 125 cm³/mol. The third kappa shape index (κ3) is 6.92. The number of carbonyl (C=O) groups is 1. The molecular weight excluding hydrogens is 479 g/mol. The Hall–Kier alpha value is -2.16. The van der Waals surface area contributed by atoms with Gasteiger partial charge >= 0.3 is 0 Å². The topological polar surface area (TPSA) is 90.6 Å². The molecule has 1 aliphatic rings. The summed E-state index contributed by atoms with van der Waals surface area (Å²) >= 11 is 0. The van der Waals surface area contributed by atoms with E-state index in [9.17, 15) is 4.79 Å². The molecule has 2 aromatic rings. The van der Waals surface area contributed by atoms with Crippen molar-refractivity contribution in [3.05, 3.63) is 61.4 Å². The van der Waals surface area contributed by atoms with Crippen molar-refractivity contribution in [2.75, 3.05) is 50.5 Å². The third-order valence-electron chi connectivity index (χ3n) is 5.67. The number of hydrogen-bond acceptors (Lipinski definition) is 7. The smallest absolute Gasteiger partial charge is 0.271 e. The molecule has 0 saturated carbocycles. The molecule has 2 heterocycles. The zero-order valence-electron chi connectivity index (χ0n) is 19.0. The summed E-state index contributed by atoms with van der Waals surface area (Å²) in [6.45, 7) is 11.3. The molecule has 1 aromatic heterocycles. The number of anilines is 3. The molecule has 1 radical (unpaired) electrons. The zero-order valence-corrected chi connectivity index (χ0v) is 21.8. The number of carbonyl (C=O) groups excluding carboxylic acids is 1. The van der Waals surface area contributed by atoms with Gasteiger partial charge in [0.05, 0.1) is 6.20 Å². The van der Waals surface area contributed by atoms with Gasteiger partial charge in [0.1, 0.15) is 5.82 Å². The van der Waals surface area contributed by atoms with Crippen molar-refractivity contribution in [2.24, 2.45) is 5.73 Å². The van der Waals surface area contributed by atoms with Crippen LogP contribution < -0.4 is 16.0 Å². The summed E-state index contributed by atoms with van der Waals surface area (Å²) in [5.41, 5.74) is 7.36. The molecule has 9 heteroatoms. The van der Waals surface area contributed by atoms with Crippen LogP contribution >= 0.6 is 0 Å². The number of aromatic nitrogens is 2. The van der Waals surface area contributed by atoms with Crippen molar-refractivity contribution in [2.45, 2.75) is 18.9 Å². The fourth-order valence-corrected chi connectivity index (χ4v) is 3.64. The van der Waals surface area contributed by atoms with E-state index >= 15 is 0 Å². The van der Waals surface area contributed by atoms with Crippen molar-refractivity contribution < 1.29 is 37.5 Å². The normalized spacial score (nSPS) is 15.7. The van der Waals surface area contributed by atoms with Crippen LogP contribution in [0.4, 0.5) is 17.3 Å². The van der Waals surface area contributed by atoms with Gasteiger partial charge in [0, 0.05) is 77.7 Å². The van der Waals surface area contributed by atoms with E-state index in [1.165, 1.54) is 0 Å². The first-order valence-electron chi connectivity index (χ1n) is 10.5. The maximum atomic E-state index is 11.9. The molecule has 1 saturated heterocycles. The summed E-state index contributed by atoms with van der Waals surface area (Å²) in [5.74, 6) is 0.491. The van der Waals surface area contributed by atoms with Gasteiger partial charge < -0.3 is 20.9 Å². The van der Waals surface area contributed by atoms with Gasteiger partial charge in [-0.1, -0.05) is 18.7 Å². The molecule has 1 aromatic carbocycles. The van der Waals surface area contributed by atoms with Crippen LogP contribution in [0.5, 0.6) is 0 Å². The second-order valence-electron chi connectivity index (χ2n) is 8.00. The van der Waals surface area contributed by atoms with E-state index in [0.29, 0.717) is 11.9 Å². The Kier molecular flexibility index (Phi) is 9.94. The number of nitrogens with zero attached hydrogens (tertiary/aromatic N) is 5. The van der Waals surface area contributed by atoms with Gasteiger partial charge in [-0.2, -0.15) is 24.6 Å². The molecule has 1 aliphatic heterocycles. The van der Waals surface area contributed by atoms with Crippen LogP contribution in [-0.2, 0) is 32.7 Å². The number of primary amides is 1. The van der Waals surface area contributed by atoms with Gasteiger partial charge in [-0.25, -0.2) is 9.97 Å². The number of amides is 1. The summed E-state index contributed by atoms with van der Waals surface area (Å²) in [4.78, 5) is 27.6. The van der Waals surface area contributed by atoms with Gasteiger partial charge in [-0.15, -0.1) is 0 Å². The van der Waals surface area contributed by atoms with Crippen LogP contribution in [0.15, 0.2) is 43.2 Å². The third-order valence-corrected chi connectivity index (χ3v) is 5.67. The number of piperidine rings is 1. The van der Waals surface area contributed by atoms with Crippen molar-refractivity contribution in [1.29, 1.82) is 0 Å². The monoisotopic (exact) mass is 511 g/mol. The first-order chi connectivity index (χ1) is 14.9. The Labute approximate surface area is 216 Å². The van der Waals surface area contributed by atoms with Crippen LogP contribution in [0, 0.1) is 6.92 Å². The standard InChI is InChI=1S/C23H32N7O.Y/c1-5-28(3)13-14-29(4)19-7-6-12-30(16-19)20-15-25-21(22(24)31)23(27-20)26-18-10-8-17(2)9-11-18;/h5,8-11,15,19H,1-2,6-7,12-14,16H2,3-4H3,(H2,24,31)(H,26,27);/q-1;. The number of rotatable bonds is 9. The summed E-state index contributed by atoms with van der Waals surface area (Å²) in [7, 11) is 4.19. The fraction of sp³-hybridized carbons (Fsp3) is 0.391. The molecule has 169 valence electrons. The molecule has 0 bridgehead atoms. The number of nitrogens with one attached hydrogen (secondary N) is 1. The summed E-state index contributed by atoms with van der Waals surface area (Å²) in [6.07, 6.45) is 5.69. The second kappa shape index (κ2) is 12.2. The SMILES string of the molecule is C=CN(C)CCN(C)C1CCCN(c2cnc(C(N)=O)c(Nc3ccc([CH2-])cc3)n2)C1.[Y]. The van der Waals surface area contributed by atoms with Crippen molar-refractivity contribution >= 4 is 23.2 Å². The summed E-state index contributed by atoms with van der Waals surface area (Å²) < 4.78 is 0. The maximum absolute atomic E-state index is 11.9. The molecule has 1 amide bonds. The van der Waals surface area contributed by atoms with E-state index in [-0.39, 0.29) is 38.4 Å². The molecule has 1 fully saturated rings. The van der Waals surface area contributed by atoms with Gasteiger partial charge in [0.2, 0.25) is 0 Å². The number of likely N-dealkylation sites (N-methyl/N-ethyl adjacent to an activating group) is 2. The van der Waals surface area contributed by atoms with E-state index in [0.717, 1.165) is 56.1 Å². The Morgan fingerprint density at radius 1 is 1.34 bits per heavy atom. The van der Waals surface area contributed by atoms with Gasteiger partial charge in [0.25, 0.3) is 5.91 Å². The van der Waals surface area contributed by atoms with Crippen molar-refractivity contribution in [3.8, 4) is 0 Å². The summed E-state index contributed by atoms with van der Waals surface area (Å²) in [5, 5.41) is 3.18. The van der Waals surface area contributed by atoms with Crippen LogP contribution in [0.25, 0.3) is 0 Å². The van der Waals surface area contributed by atoms with Crippen LogP contribution in [-0.4, -0.2) is 72.0 Å². The Morgan fingerprint density at radius 3 is 2.72 bits per heavy atom. The van der Waals surface area contributed by atoms with E-state index in [2.05, 4.69) is 45.6 Å². The van der Waals surface area contributed by atoms with Gasteiger partial charge in [0.15, 0.2) is 11.5 Å². The molecule has 0 spiro atoms. The van der Waals surface area contributed by atoms with Crippen molar-refractivity contribution in [3.63, 3.8) is 0 Å². The quantitative estimate of drug-likeness (QED) is 0.500. The molecule has 3 rings (SSSR count). The molecular formula is C23H32N7OY-. The molecule has 1 unspecified atom stereocenters. The molecule has 3 N–H and O–H groups in total. The average Bonchev–Trinajstić information content (AvgIpc) is 2.78. The Bertz CT molecular complexity index is 906. The Balaban J connectivity index is 0.00000363. The predicted octanol–water partition coefficient (Wildman–Crippen LogP) is 2.47. The van der Waals surface area contributed by atoms with Crippen LogP contribution in [0.3, 0.4) is 0 Å². The average molecular weight is 511 g/mol. The molecule has 0 aliphatic carbocycles. The van der Waals surface area contributed by atoms with E-state index in [1.807, 2.05) is 37.5 Å². The second-order valence-corrected chi connectivity index (χ2v) is 8.00. The number of hydrogen-bond donors (Lipinski definition) is 2. The number of benzene rings is 1. The van der Waals surface area contributed by atoms with Gasteiger partial charge in [-0.05, 0) is 26.1 Å². The van der Waals surface area contributed by atoms with Crippen LogP contribution in [0.1, 0.15) is 28.9 Å². The maximum Gasteiger partial charge on any atom is 0.271 e. The van der Waals surface area contributed by atoms with E-state index in [4.69, 9.17) is 10.7 Å². The van der Waals surface area contributed by atoms with E-state index < -0.39 is 5.91 Å². The first kappa shape index (κ1) is 26.1. The minimum Gasteiger partial charge on any atom is -0.380 e. The van der Waals surface area contributed by atoms with E-state index in [1.54, 1.807) is 6.20 Å². The molecule has 8 nitrogen and oxygen atoms in total. The summed E-state index contributed by atoms with van der Waals surface area (Å²) in [6, 6.07) is 7.96. The number of nitrogens with two attached hydrogens (primary N) is 1. The largest absolute Gasteiger partial charge is 0.380 e. The first-order valence-corrected chi connectivity index (χ1v) is 10.5. The Morgan fingerprint density at radius 2 is 2.06 bits per heavy atom. The van der Waals surface area contributed by atoms with Crippen molar-refractivity contribution in [1.82, 2.24) is 19.8 Å². The molecule has 32 heavy (non-hydrogen) atoms. The molecule has 1 atom stereocenters. The minimum absolute atomic E-state index is 0. The minimum atomic E-state index is -0.613. The van der Waals surface area contributed by atoms with Gasteiger partial charge in [-0.3, -0.25) is 9.69 Å². The zero-order chi connectivity index (χ0) is 22.4.